The summed E-state index contributed by atoms with van der Waals surface area (Å²) in [4.78, 5) is 74.0. The number of nitrogens with one attached hydrogen (secondary N) is 2. The summed E-state index contributed by atoms with van der Waals surface area (Å²) in [6.07, 6.45) is 3.39. The highest BCUT2D eigenvalue weighted by atomic mass is 32.2. The van der Waals surface area contributed by atoms with Crippen molar-refractivity contribution in [2.24, 2.45) is 14.1 Å². The Labute approximate surface area is 443 Å². The van der Waals surface area contributed by atoms with Crippen molar-refractivity contribution in [2.45, 2.75) is 81.7 Å². The van der Waals surface area contributed by atoms with Crippen LogP contribution < -0.4 is 20.6 Å². The summed E-state index contributed by atoms with van der Waals surface area (Å²) < 4.78 is 70.9. The largest absolute Gasteiger partial charge is 0.493 e. The lowest BCUT2D eigenvalue weighted by Crippen LogP contribution is -2.60. The molecule has 6 aromatic rings. The van der Waals surface area contributed by atoms with Crippen molar-refractivity contribution in [2.75, 3.05) is 79.8 Å². The minimum Gasteiger partial charge on any atom is -0.493 e. The van der Waals surface area contributed by atoms with E-state index in [4.69, 9.17) is 9.47 Å². The van der Waals surface area contributed by atoms with Gasteiger partial charge < -0.3 is 34.0 Å². The normalized spacial score (nSPS) is 14.6. The fourth-order valence-corrected chi connectivity index (χ4v) is 12.1. The van der Waals surface area contributed by atoms with Gasteiger partial charge in [0.2, 0.25) is 20.0 Å². The van der Waals surface area contributed by atoms with Gasteiger partial charge in [-0.1, -0.05) is 26.7 Å². The number of benzene rings is 2. The van der Waals surface area contributed by atoms with Gasteiger partial charge in [-0.25, -0.2) is 26.8 Å². The van der Waals surface area contributed by atoms with Gasteiger partial charge in [0.05, 0.1) is 52.1 Å². The SMILES string of the molecule is CCCc1nn(C)c2c(=O)[nH]c(-c3cc(S(=O)(=O)N4CC(N(C)CCCO[N+](=O)[O-])C4)ccc3OCC)nc12.CCCc1nn(C)c2c(=O)[nH]c(-c3cc(S(=O)(=O)N4CC(N(C)CCO[N+](=O)[O-])C4)ccc3OCC)nc12. The zero-order valence-electron chi connectivity index (χ0n) is 44.1. The maximum atomic E-state index is 13.5. The lowest BCUT2D eigenvalue weighted by Gasteiger charge is -2.43. The lowest BCUT2D eigenvalue weighted by atomic mass is 10.1. The quantitative estimate of drug-likeness (QED) is 0.0473. The van der Waals surface area contributed by atoms with Gasteiger partial charge in [-0.05, 0) is 83.6 Å². The van der Waals surface area contributed by atoms with Crippen molar-refractivity contribution in [1.82, 2.24) is 57.9 Å². The van der Waals surface area contributed by atoms with E-state index in [9.17, 15) is 46.7 Å². The van der Waals surface area contributed by atoms with Gasteiger partial charge >= 0.3 is 0 Å². The molecule has 2 fully saturated rings. The van der Waals surface area contributed by atoms with E-state index in [0.29, 0.717) is 102 Å². The highest BCUT2D eigenvalue weighted by Crippen LogP contribution is 2.35. The zero-order valence-corrected chi connectivity index (χ0v) is 45.8. The molecule has 8 rings (SSSR count). The molecular weight excluding hydrogens is 1050 g/mol. The number of nitrogens with zero attached hydrogens (tertiary/aromatic N) is 12. The molecule has 0 spiro atoms. The van der Waals surface area contributed by atoms with Gasteiger partial charge in [-0.15, -0.1) is 20.2 Å². The van der Waals surface area contributed by atoms with Crippen molar-refractivity contribution in [3.63, 3.8) is 0 Å². The first kappa shape index (κ1) is 57.6. The van der Waals surface area contributed by atoms with Crippen LogP contribution in [0.25, 0.3) is 44.8 Å². The lowest BCUT2D eigenvalue weighted by molar-refractivity contribution is -0.757. The summed E-state index contributed by atoms with van der Waals surface area (Å²) >= 11 is 0. The van der Waals surface area contributed by atoms with Crippen LogP contribution in [0.2, 0.25) is 0 Å². The molecule has 2 aliphatic heterocycles. The molecule has 0 atom stereocenters. The molecule has 2 saturated heterocycles. The molecule has 0 aliphatic carbocycles. The first-order valence-corrected chi connectivity index (χ1v) is 27.9. The smallest absolute Gasteiger partial charge is 0.294 e. The van der Waals surface area contributed by atoms with E-state index in [1.807, 2.05) is 44.5 Å². The molecule has 0 bridgehead atoms. The Balaban J connectivity index is 0.000000224. The number of aromatic nitrogens is 8. The van der Waals surface area contributed by atoms with E-state index >= 15 is 0 Å². The molecule has 2 aromatic carbocycles. The summed E-state index contributed by atoms with van der Waals surface area (Å²) in [5.74, 6) is 1.19. The molecule has 0 unspecified atom stereocenters. The van der Waals surface area contributed by atoms with E-state index < -0.39 is 30.2 Å². The van der Waals surface area contributed by atoms with Gasteiger partial charge in [-0.3, -0.25) is 23.9 Å². The number of rotatable bonds is 25. The number of hydrogen-bond donors (Lipinski definition) is 2. The maximum Gasteiger partial charge on any atom is 0.294 e. The fraction of sp³-hybridized carbons (Fsp3) is 0.532. The van der Waals surface area contributed by atoms with Gasteiger partial charge in [0.25, 0.3) is 21.3 Å². The van der Waals surface area contributed by atoms with Gasteiger partial charge in [0.15, 0.2) is 11.0 Å². The number of ether oxygens (including phenoxy) is 2. The standard InChI is InChI=1S/C24H33N7O7S.C23H31N7O7S/c1-5-8-19-21-22(29(4)27-19)24(32)26-23(25-21)18-13-17(9-10-20(18)37-6-2)39(35,36)30-14-16(15-30)28(3)11-7-12-38-31(33)34;1-5-7-18-20-21(28(4)26-18)23(31)25-22(24-20)17-12-16(8-9-19(17)36-6-2)38(34,35)29-13-15(14-29)27(3)10-11-37-30(32)33/h9-10,13,16H,5-8,11-12,14-15H2,1-4H3,(H,25,26,32);8-9,12,15H,5-7,10-11,13-14H2,1-4H3,(H,24,25,31). The fourth-order valence-electron chi connectivity index (χ4n) is 8.99. The molecule has 4 aromatic heterocycles. The minimum atomic E-state index is -3.85. The average molecular weight is 1110 g/mol. The molecule has 2 aliphatic rings. The molecule has 2 N–H and O–H groups in total. The molecule has 30 heteroatoms. The third-order valence-electron chi connectivity index (χ3n) is 13.2. The van der Waals surface area contributed by atoms with E-state index in [1.165, 1.54) is 42.2 Å². The average Bonchev–Trinajstić information content (AvgIpc) is 3.87. The monoisotopic (exact) mass is 1110 g/mol. The summed E-state index contributed by atoms with van der Waals surface area (Å²) in [6.45, 7) is 10.1. The van der Waals surface area contributed by atoms with Crippen molar-refractivity contribution >= 4 is 42.1 Å². The second-order valence-electron chi connectivity index (χ2n) is 18.4. The van der Waals surface area contributed by atoms with Crippen molar-refractivity contribution in [3.05, 3.63) is 88.7 Å². The van der Waals surface area contributed by atoms with Crippen LogP contribution in [0, 0.1) is 20.2 Å². The molecule has 0 amide bonds. The van der Waals surface area contributed by atoms with E-state index in [-0.39, 0.29) is 84.0 Å². The van der Waals surface area contributed by atoms with Crippen molar-refractivity contribution in [1.29, 1.82) is 0 Å². The maximum absolute atomic E-state index is 13.5. The molecule has 6 heterocycles. The Morgan fingerprint density at radius 1 is 0.649 bits per heavy atom. The zero-order chi connectivity index (χ0) is 55.9. The first-order chi connectivity index (χ1) is 36.6. The molecule has 28 nitrogen and oxygen atoms in total. The van der Waals surface area contributed by atoms with Crippen molar-refractivity contribution < 1.29 is 46.2 Å². The van der Waals surface area contributed by atoms with Crippen molar-refractivity contribution in [3.8, 4) is 34.3 Å². The number of H-pyrrole nitrogens is 2. The number of aryl methyl sites for hydroxylation is 4. The summed E-state index contributed by atoms with van der Waals surface area (Å²) in [5.41, 5.74) is 3.00. The van der Waals surface area contributed by atoms with Crippen LogP contribution >= 0.6 is 0 Å². The summed E-state index contributed by atoms with van der Waals surface area (Å²) in [5, 5.41) is 27.8. The number of hydrogen-bond acceptors (Lipinski definition) is 20. The second-order valence-corrected chi connectivity index (χ2v) is 22.3. The predicted octanol–water partition coefficient (Wildman–Crippen LogP) is 2.77. The van der Waals surface area contributed by atoms with Crippen LogP contribution in [0.15, 0.2) is 55.8 Å². The van der Waals surface area contributed by atoms with Gasteiger partial charge in [0.1, 0.15) is 40.8 Å². The first-order valence-electron chi connectivity index (χ1n) is 25.0. The van der Waals surface area contributed by atoms with Gasteiger partial charge in [0, 0.05) is 65.4 Å². The number of likely N-dealkylation sites (N-methyl/N-ethyl adjacent to an activating group) is 2. The Morgan fingerprint density at radius 3 is 1.44 bits per heavy atom. The summed E-state index contributed by atoms with van der Waals surface area (Å²) in [7, 11) is -0.706. The molecule has 418 valence electrons. The number of sulfonamides is 2. The Bertz CT molecular complexity index is 3460. The van der Waals surface area contributed by atoms with Gasteiger partial charge in [-0.2, -0.15) is 18.8 Å². The highest BCUT2D eigenvalue weighted by Gasteiger charge is 2.40. The van der Waals surface area contributed by atoms with Crippen LogP contribution in [0.1, 0.15) is 58.3 Å². The Hall–Kier alpha value is -7.12. The van der Waals surface area contributed by atoms with E-state index in [1.54, 1.807) is 33.3 Å². The van der Waals surface area contributed by atoms with E-state index in [0.717, 1.165) is 12.8 Å². The van der Waals surface area contributed by atoms with Crippen LogP contribution in [-0.2, 0) is 56.7 Å². The number of fused-ring (bicyclic) bond motifs is 2. The van der Waals surface area contributed by atoms with Crippen LogP contribution in [-0.4, -0.2) is 177 Å². The highest BCUT2D eigenvalue weighted by molar-refractivity contribution is 7.89. The Kier molecular flexibility index (Phi) is 18.3. The Morgan fingerprint density at radius 2 is 1.05 bits per heavy atom. The predicted molar refractivity (Wildman–Crippen MR) is 280 cm³/mol. The summed E-state index contributed by atoms with van der Waals surface area (Å²) in [6, 6.07) is 8.92. The topological polar surface area (TPSA) is 332 Å². The van der Waals surface area contributed by atoms with E-state index in [2.05, 4.69) is 39.8 Å². The number of aromatic amines is 2. The second kappa shape index (κ2) is 24.5. The van der Waals surface area contributed by atoms with Crippen LogP contribution in [0.3, 0.4) is 0 Å². The molecule has 77 heavy (non-hydrogen) atoms. The molecule has 0 radical (unpaired) electrons. The molecular formula is C47H64N14O14S2. The molecule has 0 saturated carbocycles. The minimum absolute atomic E-state index is 0.0120. The van der Waals surface area contributed by atoms with Crippen LogP contribution in [0.5, 0.6) is 11.5 Å². The third-order valence-corrected chi connectivity index (χ3v) is 16.8. The third kappa shape index (κ3) is 12.7. The van der Waals surface area contributed by atoms with Crippen LogP contribution in [0.4, 0.5) is 0 Å².